The van der Waals surface area contributed by atoms with Crippen LogP contribution in [0.3, 0.4) is 0 Å². The molecule has 6 nitrogen and oxygen atoms in total. The average Bonchev–Trinajstić information content (AvgIpc) is 2.61. The second-order valence-corrected chi connectivity index (χ2v) is 5.89. The maximum absolute atomic E-state index is 12.3. The van der Waals surface area contributed by atoms with Gasteiger partial charge in [0.15, 0.2) is 0 Å². The quantitative estimate of drug-likeness (QED) is 0.615. The van der Waals surface area contributed by atoms with Gasteiger partial charge in [0.2, 0.25) is 5.91 Å². The van der Waals surface area contributed by atoms with Gasteiger partial charge in [-0.3, -0.25) is 10.1 Å². The Morgan fingerprint density at radius 3 is 2.73 bits per heavy atom. The van der Waals surface area contributed by atoms with E-state index in [4.69, 9.17) is 0 Å². The standard InChI is InChI=1S/C18H23F2N3O3/c19-17(20)26-15-9-5-4-8-14(15)22-12-16(24)23-18(25)21-11-10-13-6-2-1-3-7-13/h4-6,8-9,17,22H,1-3,7,10-12H2,(H2,21,23,24,25). The molecule has 0 bridgehead atoms. The highest BCUT2D eigenvalue weighted by Crippen LogP contribution is 2.25. The van der Waals surface area contributed by atoms with Crippen LogP contribution >= 0.6 is 0 Å². The van der Waals surface area contributed by atoms with Gasteiger partial charge in [-0.05, 0) is 44.2 Å². The molecule has 0 atom stereocenters. The number of allylic oxidation sites excluding steroid dienone is 1. The summed E-state index contributed by atoms with van der Waals surface area (Å²) in [4.78, 5) is 23.5. The van der Waals surface area contributed by atoms with Gasteiger partial charge in [-0.15, -0.1) is 0 Å². The van der Waals surface area contributed by atoms with Gasteiger partial charge in [0.1, 0.15) is 5.75 Å². The number of hydrogen-bond donors (Lipinski definition) is 3. The fraction of sp³-hybridized carbons (Fsp3) is 0.444. The molecule has 1 aliphatic carbocycles. The number of para-hydroxylation sites is 2. The molecule has 0 aliphatic heterocycles. The number of carbonyl (C=O) groups excluding carboxylic acids is 2. The van der Waals surface area contributed by atoms with E-state index in [1.165, 1.54) is 36.6 Å². The van der Waals surface area contributed by atoms with Crippen molar-refractivity contribution in [2.24, 2.45) is 0 Å². The van der Waals surface area contributed by atoms with E-state index in [0.717, 1.165) is 19.3 Å². The molecular formula is C18H23F2N3O3. The first-order valence-electron chi connectivity index (χ1n) is 8.58. The summed E-state index contributed by atoms with van der Waals surface area (Å²) in [5.41, 5.74) is 1.58. The molecule has 1 aromatic carbocycles. The van der Waals surface area contributed by atoms with Crippen molar-refractivity contribution in [3.63, 3.8) is 0 Å². The first kappa shape index (κ1) is 19.7. The van der Waals surface area contributed by atoms with Crippen LogP contribution in [0.1, 0.15) is 32.1 Å². The fourth-order valence-corrected chi connectivity index (χ4v) is 2.67. The van der Waals surface area contributed by atoms with E-state index < -0.39 is 18.5 Å². The Kier molecular flexibility index (Phi) is 7.85. The Bertz CT molecular complexity index is 650. The Labute approximate surface area is 151 Å². The summed E-state index contributed by atoms with van der Waals surface area (Å²) < 4.78 is 29.0. The molecule has 2 rings (SSSR count). The second kappa shape index (κ2) is 10.4. The van der Waals surface area contributed by atoms with Crippen LogP contribution in [0.4, 0.5) is 19.3 Å². The van der Waals surface area contributed by atoms with Crippen LogP contribution in [0, 0.1) is 0 Å². The molecule has 0 saturated heterocycles. The number of nitrogens with one attached hydrogen (secondary N) is 3. The molecule has 8 heteroatoms. The number of benzene rings is 1. The molecule has 0 unspecified atom stereocenters. The lowest BCUT2D eigenvalue weighted by Gasteiger charge is -2.14. The molecule has 0 radical (unpaired) electrons. The Hall–Kier alpha value is -2.64. The van der Waals surface area contributed by atoms with Crippen molar-refractivity contribution in [2.45, 2.75) is 38.7 Å². The lowest BCUT2D eigenvalue weighted by Crippen LogP contribution is -2.42. The van der Waals surface area contributed by atoms with Crippen LogP contribution in [-0.4, -0.2) is 31.6 Å². The molecule has 0 aromatic heterocycles. The number of hydrogen-bond acceptors (Lipinski definition) is 4. The van der Waals surface area contributed by atoms with Crippen LogP contribution in [0.15, 0.2) is 35.9 Å². The molecule has 1 aromatic rings. The molecule has 0 fully saturated rings. The molecular weight excluding hydrogens is 344 g/mol. The van der Waals surface area contributed by atoms with Gasteiger partial charge < -0.3 is 15.4 Å². The lowest BCUT2D eigenvalue weighted by atomic mass is 9.97. The minimum atomic E-state index is -2.96. The molecule has 3 N–H and O–H groups in total. The predicted octanol–water partition coefficient (Wildman–Crippen LogP) is 3.42. The maximum atomic E-state index is 12.3. The SMILES string of the molecule is O=C(CNc1ccccc1OC(F)F)NC(=O)NCCC1=CCCCC1. The highest BCUT2D eigenvalue weighted by Gasteiger charge is 2.12. The molecule has 0 spiro atoms. The van der Waals surface area contributed by atoms with Gasteiger partial charge in [0.05, 0.1) is 12.2 Å². The van der Waals surface area contributed by atoms with E-state index in [1.54, 1.807) is 6.07 Å². The fourth-order valence-electron chi connectivity index (χ4n) is 2.67. The number of urea groups is 1. The normalized spacial score (nSPS) is 13.7. The molecule has 142 valence electrons. The van der Waals surface area contributed by atoms with E-state index >= 15 is 0 Å². The Morgan fingerprint density at radius 1 is 1.19 bits per heavy atom. The smallest absolute Gasteiger partial charge is 0.387 e. The molecule has 26 heavy (non-hydrogen) atoms. The van der Waals surface area contributed by atoms with Gasteiger partial charge >= 0.3 is 12.6 Å². The van der Waals surface area contributed by atoms with E-state index in [2.05, 4.69) is 26.8 Å². The summed E-state index contributed by atoms with van der Waals surface area (Å²) in [7, 11) is 0. The van der Waals surface area contributed by atoms with E-state index in [9.17, 15) is 18.4 Å². The third kappa shape index (κ3) is 7.08. The van der Waals surface area contributed by atoms with Crippen molar-refractivity contribution in [2.75, 3.05) is 18.4 Å². The van der Waals surface area contributed by atoms with Gasteiger partial charge in [0.25, 0.3) is 0 Å². The Morgan fingerprint density at radius 2 is 2.00 bits per heavy atom. The van der Waals surface area contributed by atoms with Crippen molar-refractivity contribution in [1.29, 1.82) is 0 Å². The first-order chi connectivity index (χ1) is 12.5. The summed E-state index contributed by atoms with van der Waals surface area (Å²) >= 11 is 0. The molecule has 3 amide bonds. The molecule has 1 aliphatic rings. The number of anilines is 1. The zero-order chi connectivity index (χ0) is 18.8. The third-order valence-electron chi connectivity index (χ3n) is 3.91. The Balaban J connectivity index is 1.69. The number of carbonyl (C=O) groups is 2. The van der Waals surface area contributed by atoms with Crippen molar-refractivity contribution in [3.8, 4) is 5.75 Å². The molecule has 0 saturated carbocycles. The van der Waals surface area contributed by atoms with Gasteiger partial charge in [-0.2, -0.15) is 8.78 Å². The van der Waals surface area contributed by atoms with Crippen LogP contribution in [-0.2, 0) is 4.79 Å². The lowest BCUT2D eigenvalue weighted by molar-refractivity contribution is -0.118. The maximum Gasteiger partial charge on any atom is 0.387 e. The summed E-state index contributed by atoms with van der Waals surface area (Å²) in [5.74, 6) is -0.647. The third-order valence-corrected chi connectivity index (χ3v) is 3.91. The number of alkyl halides is 2. The highest BCUT2D eigenvalue weighted by molar-refractivity contribution is 5.96. The highest BCUT2D eigenvalue weighted by atomic mass is 19.3. The van der Waals surface area contributed by atoms with Gasteiger partial charge in [-0.1, -0.05) is 23.8 Å². The summed E-state index contributed by atoms with van der Waals surface area (Å²) in [6.45, 7) is -2.75. The summed E-state index contributed by atoms with van der Waals surface area (Å²) in [6, 6.07) is 5.44. The number of imide groups is 1. The number of amides is 3. The average molecular weight is 367 g/mol. The van der Waals surface area contributed by atoms with Crippen LogP contribution in [0.2, 0.25) is 0 Å². The zero-order valence-electron chi connectivity index (χ0n) is 14.4. The van der Waals surface area contributed by atoms with E-state index in [1.807, 2.05) is 0 Å². The summed E-state index contributed by atoms with van der Waals surface area (Å²) in [6.07, 6.45) is 7.52. The topological polar surface area (TPSA) is 79.5 Å². The van der Waals surface area contributed by atoms with E-state index in [0.29, 0.717) is 6.54 Å². The second-order valence-electron chi connectivity index (χ2n) is 5.89. The summed E-state index contributed by atoms with van der Waals surface area (Å²) in [5, 5.41) is 7.49. The monoisotopic (exact) mass is 367 g/mol. The number of halogens is 2. The predicted molar refractivity (Wildman–Crippen MR) is 94.3 cm³/mol. The van der Waals surface area contributed by atoms with Crippen LogP contribution in [0.25, 0.3) is 0 Å². The first-order valence-corrected chi connectivity index (χ1v) is 8.58. The van der Waals surface area contributed by atoms with Crippen molar-refractivity contribution in [1.82, 2.24) is 10.6 Å². The van der Waals surface area contributed by atoms with Crippen LogP contribution < -0.4 is 20.7 Å². The van der Waals surface area contributed by atoms with Crippen LogP contribution in [0.5, 0.6) is 5.75 Å². The zero-order valence-corrected chi connectivity index (χ0v) is 14.4. The number of rotatable bonds is 8. The van der Waals surface area contributed by atoms with Gasteiger partial charge in [0, 0.05) is 6.54 Å². The van der Waals surface area contributed by atoms with Crippen molar-refractivity contribution in [3.05, 3.63) is 35.9 Å². The number of ether oxygens (including phenoxy) is 1. The van der Waals surface area contributed by atoms with Crippen molar-refractivity contribution >= 4 is 17.6 Å². The largest absolute Gasteiger partial charge is 0.433 e. The minimum Gasteiger partial charge on any atom is -0.433 e. The minimum absolute atomic E-state index is 0.0690. The van der Waals surface area contributed by atoms with Crippen molar-refractivity contribution < 1.29 is 23.1 Å². The van der Waals surface area contributed by atoms with E-state index in [-0.39, 0.29) is 18.0 Å². The van der Waals surface area contributed by atoms with Gasteiger partial charge in [-0.25, -0.2) is 4.79 Å². The molecule has 0 heterocycles.